The molecule has 0 bridgehead atoms. The summed E-state index contributed by atoms with van der Waals surface area (Å²) in [6.07, 6.45) is 0. The average Bonchev–Trinajstić information content (AvgIpc) is 2.63. The Balaban J connectivity index is 1.54. The third kappa shape index (κ3) is 4.71. The first-order valence-corrected chi connectivity index (χ1v) is 9.03. The van der Waals surface area contributed by atoms with Gasteiger partial charge in [-0.3, -0.25) is 4.90 Å². The van der Waals surface area contributed by atoms with Gasteiger partial charge in [-0.1, -0.05) is 36.4 Å². The molecule has 1 saturated heterocycles. The minimum atomic E-state index is 0.767. The van der Waals surface area contributed by atoms with Gasteiger partial charge in [0.2, 0.25) is 0 Å². The number of methoxy groups -OCH3 is 1. The Morgan fingerprint density at radius 2 is 1.80 bits per heavy atom. The number of piperazine rings is 1. The lowest BCUT2D eigenvalue weighted by molar-refractivity contribution is 0.177. The zero-order valence-corrected chi connectivity index (χ0v) is 15.7. The molecule has 1 fully saturated rings. The summed E-state index contributed by atoms with van der Waals surface area (Å²) in [5.41, 5.74) is 3.47. The molecule has 132 valence electrons. The minimum Gasteiger partial charge on any atom is -0.495 e. The zero-order valence-electron chi connectivity index (χ0n) is 14.9. The van der Waals surface area contributed by atoms with Crippen LogP contribution in [0.5, 0.6) is 5.75 Å². The van der Waals surface area contributed by atoms with Crippen molar-refractivity contribution in [3.8, 4) is 5.75 Å². The highest BCUT2D eigenvalue weighted by molar-refractivity contribution is 7.80. The summed E-state index contributed by atoms with van der Waals surface area (Å²) in [7, 11) is 1.68. The van der Waals surface area contributed by atoms with E-state index < -0.39 is 0 Å². The molecule has 5 heteroatoms. The fourth-order valence-electron chi connectivity index (χ4n) is 3.06. The van der Waals surface area contributed by atoms with E-state index in [9.17, 15) is 0 Å². The molecule has 1 aliphatic heterocycles. The van der Waals surface area contributed by atoms with Crippen LogP contribution < -0.4 is 10.1 Å². The predicted octanol–water partition coefficient (Wildman–Crippen LogP) is 3.52. The van der Waals surface area contributed by atoms with Crippen molar-refractivity contribution in [2.45, 2.75) is 13.5 Å². The monoisotopic (exact) mass is 355 g/mol. The standard InChI is InChI=1S/C20H25N3OS/c1-16-8-9-19(24-2)18(14-16)21-20(25)23-12-10-22(11-13-23)15-17-6-4-3-5-7-17/h3-9,14H,10-13,15H2,1-2H3,(H,21,25). The van der Waals surface area contributed by atoms with Gasteiger partial charge in [-0.05, 0) is 42.4 Å². The van der Waals surface area contributed by atoms with Gasteiger partial charge in [-0.2, -0.15) is 0 Å². The van der Waals surface area contributed by atoms with Crippen LogP contribution in [0.2, 0.25) is 0 Å². The van der Waals surface area contributed by atoms with Crippen molar-refractivity contribution < 1.29 is 4.74 Å². The number of aryl methyl sites for hydroxylation is 1. The van der Waals surface area contributed by atoms with Crippen molar-refractivity contribution in [1.29, 1.82) is 0 Å². The Morgan fingerprint density at radius 3 is 2.48 bits per heavy atom. The fraction of sp³-hybridized carbons (Fsp3) is 0.350. The van der Waals surface area contributed by atoms with Crippen LogP contribution in [0.4, 0.5) is 5.69 Å². The highest BCUT2D eigenvalue weighted by Crippen LogP contribution is 2.25. The summed E-state index contributed by atoms with van der Waals surface area (Å²) < 4.78 is 5.42. The topological polar surface area (TPSA) is 27.7 Å². The van der Waals surface area contributed by atoms with E-state index in [4.69, 9.17) is 17.0 Å². The molecular weight excluding hydrogens is 330 g/mol. The molecular formula is C20H25N3OS. The Morgan fingerprint density at radius 1 is 1.08 bits per heavy atom. The maximum absolute atomic E-state index is 5.62. The molecule has 0 radical (unpaired) electrons. The number of nitrogens with one attached hydrogen (secondary N) is 1. The van der Waals surface area contributed by atoms with Crippen LogP contribution in [-0.2, 0) is 6.54 Å². The Labute approximate surface area is 155 Å². The van der Waals surface area contributed by atoms with E-state index in [0.29, 0.717) is 0 Å². The van der Waals surface area contributed by atoms with Crippen LogP contribution >= 0.6 is 12.2 Å². The van der Waals surface area contributed by atoms with Crippen LogP contribution in [0.15, 0.2) is 48.5 Å². The van der Waals surface area contributed by atoms with E-state index in [-0.39, 0.29) is 0 Å². The second-order valence-electron chi connectivity index (χ2n) is 6.38. The van der Waals surface area contributed by atoms with Crippen molar-refractivity contribution in [3.63, 3.8) is 0 Å². The summed E-state index contributed by atoms with van der Waals surface area (Å²) in [6, 6.07) is 16.7. The quantitative estimate of drug-likeness (QED) is 0.847. The van der Waals surface area contributed by atoms with Crippen molar-refractivity contribution >= 4 is 23.0 Å². The number of rotatable bonds is 4. The van der Waals surface area contributed by atoms with Gasteiger partial charge < -0.3 is 15.0 Å². The van der Waals surface area contributed by atoms with Crippen LogP contribution in [0, 0.1) is 6.92 Å². The van der Waals surface area contributed by atoms with Crippen LogP contribution in [0.1, 0.15) is 11.1 Å². The Bertz CT molecular complexity index is 712. The number of ether oxygens (including phenoxy) is 1. The lowest BCUT2D eigenvalue weighted by Gasteiger charge is -2.36. The van der Waals surface area contributed by atoms with Gasteiger partial charge in [0.15, 0.2) is 5.11 Å². The molecule has 0 aromatic heterocycles. The highest BCUT2D eigenvalue weighted by atomic mass is 32.1. The average molecular weight is 356 g/mol. The van der Waals surface area contributed by atoms with Gasteiger partial charge in [0, 0.05) is 32.7 Å². The van der Waals surface area contributed by atoms with Crippen molar-refractivity contribution in [2.24, 2.45) is 0 Å². The van der Waals surface area contributed by atoms with Crippen molar-refractivity contribution in [1.82, 2.24) is 9.80 Å². The first-order chi connectivity index (χ1) is 12.2. The molecule has 0 atom stereocenters. The largest absolute Gasteiger partial charge is 0.495 e. The number of hydrogen-bond donors (Lipinski definition) is 1. The molecule has 0 spiro atoms. The smallest absolute Gasteiger partial charge is 0.173 e. The summed E-state index contributed by atoms with van der Waals surface area (Å²) in [5.74, 6) is 0.815. The number of nitrogens with zero attached hydrogens (tertiary/aromatic N) is 2. The summed E-state index contributed by atoms with van der Waals surface area (Å²) in [6.45, 7) is 6.97. The second-order valence-corrected chi connectivity index (χ2v) is 6.77. The van der Waals surface area contributed by atoms with E-state index in [0.717, 1.165) is 49.3 Å². The predicted molar refractivity (Wildman–Crippen MR) is 107 cm³/mol. The maximum atomic E-state index is 5.62. The summed E-state index contributed by atoms with van der Waals surface area (Å²) in [5, 5.41) is 4.12. The van der Waals surface area contributed by atoms with Crippen molar-refractivity contribution in [3.05, 3.63) is 59.7 Å². The maximum Gasteiger partial charge on any atom is 0.173 e. The first kappa shape index (κ1) is 17.7. The zero-order chi connectivity index (χ0) is 17.6. The Kier molecular flexibility index (Phi) is 5.89. The molecule has 4 nitrogen and oxygen atoms in total. The lowest BCUT2D eigenvalue weighted by Crippen LogP contribution is -2.49. The van der Waals surface area contributed by atoms with Gasteiger partial charge in [-0.25, -0.2) is 0 Å². The molecule has 25 heavy (non-hydrogen) atoms. The molecule has 1 heterocycles. The van der Waals surface area contributed by atoms with Gasteiger partial charge in [0.1, 0.15) is 5.75 Å². The molecule has 3 rings (SSSR count). The van der Waals surface area contributed by atoms with Crippen molar-refractivity contribution in [2.75, 3.05) is 38.6 Å². The highest BCUT2D eigenvalue weighted by Gasteiger charge is 2.19. The SMILES string of the molecule is COc1ccc(C)cc1NC(=S)N1CCN(Cc2ccccc2)CC1. The molecule has 0 aliphatic carbocycles. The van der Waals surface area contributed by atoms with E-state index in [1.807, 2.05) is 12.1 Å². The number of thiocarbonyl (C=S) groups is 1. The molecule has 2 aromatic carbocycles. The third-order valence-electron chi connectivity index (χ3n) is 4.51. The molecule has 1 aliphatic rings. The molecule has 1 N–H and O–H groups in total. The lowest BCUT2D eigenvalue weighted by atomic mass is 10.2. The molecule has 0 amide bonds. The van der Waals surface area contributed by atoms with Crippen LogP contribution in [-0.4, -0.2) is 48.2 Å². The van der Waals surface area contributed by atoms with Crippen LogP contribution in [0.25, 0.3) is 0 Å². The number of benzene rings is 2. The van der Waals surface area contributed by atoms with Crippen LogP contribution in [0.3, 0.4) is 0 Å². The molecule has 0 unspecified atom stereocenters. The number of anilines is 1. The van der Waals surface area contributed by atoms with Gasteiger partial charge in [-0.15, -0.1) is 0 Å². The summed E-state index contributed by atoms with van der Waals surface area (Å²) >= 11 is 5.62. The first-order valence-electron chi connectivity index (χ1n) is 8.62. The third-order valence-corrected chi connectivity index (χ3v) is 4.87. The molecule has 2 aromatic rings. The normalized spacial score (nSPS) is 15.0. The molecule has 0 saturated carbocycles. The van der Waals surface area contributed by atoms with E-state index in [2.05, 4.69) is 58.4 Å². The second kappa shape index (κ2) is 8.32. The van der Waals surface area contributed by atoms with E-state index in [1.165, 1.54) is 11.1 Å². The Hall–Kier alpha value is -2.11. The van der Waals surface area contributed by atoms with E-state index in [1.54, 1.807) is 7.11 Å². The van der Waals surface area contributed by atoms with Gasteiger partial charge >= 0.3 is 0 Å². The van der Waals surface area contributed by atoms with E-state index >= 15 is 0 Å². The summed E-state index contributed by atoms with van der Waals surface area (Å²) in [4.78, 5) is 4.71. The van der Waals surface area contributed by atoms with Gasteiger partial charge in [0.05, 0.1) is 12.8 Å². The number of hydrogen-bond acceptors (Lipinski definition) is 3. The fourth-order valence-corrected chi connectivity index (χ4v) is 3.36. The minimum absolute atomic E-state index is 0.767. The van der Waals surface area contributed by atoms with Gasteiger partial charge in [0.25, 0.3) is 0 Å².